The lowest BCUT2D eigenvalue weighted by Crippen LogP contribution is -2.06. The lowest BCUT2D eigenvalue weighted by molar-refractivity contribution is 0.338. The van der Waals surface area contributed by atoms with Crippen molar-refractivity contribution in [3.63, 3.8) is 0 Å². The highest BCUT2D eigenvalue weighted by Gasteiger charge is 2.14. The van der Waals surface area contributed by atoms with Gasteiger partial charge in [0.1, 0.15) is 0 Å². The third-order valence-electron chi connectivity index (χ3n) is 4.98. The topological polar surface area (TPSA) is 97.7 Å². The highest BCUT2D eigenvalue weighted by Crippen LogP contribution is 2.21. The van der Waals surface area contributed by atoms with Gasteiger partial charge in [-0.3, -0.25) is 8.74 Å². The standard InChI is InChI=1S/C12H18O3S.C10H14O3S/c1-4-10(3)11-6-8-12(9-7-11)16(13,14)15-5-2;1-3-8(2)9-4-6-10(7-5-9)14(11,12)13/h6-10H,4-5H2,1-3H3;4-8H,3H2,1-2H3,(H,11,12,13). The molecular formula is C22H32O6S2. The molecule has 2 aromatic rings. The first-order valence-corrected chi connectivity index (χ1v) is 12.9. The van der Waals surface area contributed by atoms with Crippen LogP contribution in [0.3, 0.4) is 0 Å². The van der Waals surface area contributed by atoms with Crippen molar-refractivity contribution in [2.45, 2.75) is 69.1 Å². The second kappa shape index (κ2) is 11.6. The average Bonchev–Trinajstić information content (AvgIpc) is 2.72. The van der Waals surface area contributed by atoms with E-state index >= 15 is 0 Å². The maximum Gasteiger partial charge on any atom is 0.296 e. The summed E-state index contributed by atoms with van der Waals surface area (Å²) in [4.78, 5) is 0.172. The molecule has 1 N–H and O–H groups in total. The molecule has 2 rings (SSSR count). The van der Waals surface area contributed by atoms with E-state index in [9.17, 15) is 16.8 Å². The summed E-state index contributed by atoms with van der Waals surface area (Å²) < 4.78 is 58.1. The van der Waals surface area contributed by atoms with Gasteiger partial charge in [0.05, 0.1) is 16.4 Å². The van der Waals surface area contributed by atoms with Crippen molar-refractivity contribution in [1.29, 1.82) is 0 Å². The van der Waals surface area contributed by atoms with E-state index in [-0.39, 0.29) is 16.4 Å². The molecule has 0 radical (unpaired) electrons. The number of benzene rings is 2. The molecule has 0 aliphatic rings. The van der Waals surface area contributed by atoms with Crippen LogP contribution in [0.25, 0.3) is 0 Å². The second-order valence-corrected chi connectivity index (χ2v) is 10.1. The number of rotatable bonds is 8. The molecule has 0 aliphatic carbocycles. The van der Waals surface area contributed by atoms with Crippen molar-refractivity contribution in [3.05, 3.63) is 59.7 Å². The summed E-state index contributed by atoms with van der Waals surface area (Å²) in [5, 5.41) is 0. The van der Waals surface area contributed by atoms with Crippen LogP contribution in [0, 0.1) is 0 Å². The molecule has 2 unspecified atom stereocenters. The van der Waals surface area contributed by atoms with Crippen molar-refractivity contribution in [3.8, 4) is 0 Å². The zero-order valence-corrected chi connectivity index (χ0v) is 19.8. The molecule has 0 aliphatic heterocycles. The molecule has 0 amide bonds. The predicted molar refractivity (Wildman–Crippen MR) is 119 cm³/mol. The van der Waals surface area contributed by atoms with Gasteiger partial charge in [-0.25, -0.2) is 0 Å². The largest absolute Gasteiger partial charge is 0.296 e. The van der Waals surface area contributed by atoms with E-state index in [1.54, 1.807) is 31.2 Å². The van der Waals surface area contributed by atoms with Crippen molar-refractivity contribution in [2.75, 3.05) is 6.61 Å². The Hall–Kier alpha value is -1.74. The number of hydrogen-bond donors (Lipinski definition) is 1. The molecule has 30 heavy (non-hydrogen) atoms. The van der Waals surface area contributed by atoms with Gasteiger partial charge >= 0.3 is 0 Å². The quantitative estimate of drug-likeness (QED) is 0.423. The van der Waals surface area contributed by atoms with E-state index in [0.717, 1.165) is 24.0 Å². The van der Waals surface area contributed by atoms with Crippen molar-refractivity contribution >= 4 is 20.2 Å². The Balaban J connectivity index is 0.000000303. The first kappa shape index (κ1) is 26.3. The highest BCUT2D eigenvalue weighted by molar-refractivity contribution is 7.86. The summed E-state index contributed by atoms with van der Waals surface area (Å²) in [7, 11) is -7.61. The fourth-order valence-electron chi connectivity index (χ4n) is 2.63. The molecule has 0 bridgehead atoms. The fraction of sp³-hybridized carbons (Fsp3) is 0.455. The normalized spacial score (nSPS) is 13.8. The van der Waals surface area contributed by atoms with Crippen molar-refractivity contribution < 1.29 is 25.6 Å². The third kappa shape index (κ3) is 7.83. The maximum atomic E-state index is 11.6. The third-order valence-corrected chi connectivity index (χ3v) is 7.25. The summed E-state index contributed by atoms with van der Waals surface area (Å²) in [5.41, 5.74) is 2.23. The molecule has 0 saturated heterocycles. The van der Waals surface area contributed by atoms with Gasteiger partial charge in [0.2, 0.25) is 0 Å². The lowest BCUT2D eigenvalue weighted by atomic mass is 9.99. The van der Waals surface area contributed by atoms with Gasteiger partial charge < -0.3 is 0 Å². The first-order valence-electron chi connectivity index (χ1n) is 10.0. The van der Waals surface area contributed by atoms with Crippen molar-refractivity contribution in [1.82, 2.24) is 0 Å². The van der Waals surface area contributed by atoms with E-state index in [1.165, 1.54) is 12.1 Å². The summed E-state index contributed by atoms with van der Waals surface area (Å²) >= 11 is 0. The van der Waals surface area contributed by atoms with Gasteiger partial charge in [0.25, 0.3) is 20.2 Å². The van der Waals surface area contributed by atoms with Crippen LogP contribution in [-0.2, 0) is 24.4 Å². The lowest BCUT2D eigenvalue weighted by Gasteiger charge is -2.09. The zero-order valence-electron chi connectivity index (χ0n) is 18.2. The zero-order chi connectivity index (χ0) is 22.9. The summed E-state index contributed by atoms with van der Waals surface area (Å²) in [6.45, 7) is 10.2. The summed E-state index contributed by atoms with van der Waals surface area (Å²) in [5.74, 6) is 0.856. The molecule has 0 heterocycles. The van der Waals surface area contributed by atoms with E-state index in [2.05, 4.69) is 27.7 Å². The molecular weight excluding hydrogens is 424 g/mol. The molecule has 0 saturated carbocycles. The molecule has 2 aromatic carbocycles. The van der Waals surface area contributed by atoms with Gasteiger partial charge in [-0.1, -0.05) is 52.0 Å². The Labute approximate surface area is 181 Å². The van der Waals surface area contributed by atoms with Crippen LogP contribution in [0.2, 0.25) is 0 Å². The van der Waals surface area contributed by atoms with Crippen LogP contribution in [-0.4, -0.2) is 28.0 Å². The Morgan fingerprint density at radius 1 is 0.733 bits per heavy atom. The van der Waals surface area contributed by atoms with E-state index in [0.29, 0.717) is 11.8 Å². The Morgan fingerprint density at radius 3 is 1.40 bits per heavy atom. The van der Waals surface area contributed by atoms with Crippen LogP contribution in [0.4, 0.5) is 0 Å². The Bertz CT molecular complexity index is 979. The summed E-state index contributed by atoms with van der Waals surface area (Å²) in [6, 6.07) is 13.2. The molecule has 6 nitrogen and oxygen atoms in total. The van der Waals surface area contributed by atoms with Gasteiger partial charge in [-0.2, -0.15) is 16.8 Å². The Kier molecular flexibility index (Phi) is 10.2. The minimum absolute atomic E-state index is 0.0513. The second-order valence-electron chi connectivity index (χ2n) is 7.09. The van der Waals surface area contributed by atoms with Gasteiger partial charge in [-0.05, 0) is 67.0 Å². The van der Waals surface area contributed by atoms with Crippen LogP contribution in [0.1, 0.15) is 70.4 Å². The Morgan fingerprint density at radius 2 is 1.10 bits per heavy atom. The van der Waals surface area contributed by atoms with Crippen molar-refractivity contribution in [2.24, 2.45) is 0 Å². The first-order chi connectivity index (χ1) is 14.0. The molecule has 0 aromatic heterocycles. The highest BCUT2D eigenvalue weighted by atomic mass is 32.2. The molecule has 168 valence electrons. The van der Waals surface area contributed by atoms with Crippen LogP contribution >= 0.6 is 0 Å². The van der Waals surface area contributed by atoms with Gasteiger partial charge in [0, 0.05) is 0 Å². The van der Waals surface area contributed by atoms with E-state index < -0.39 is 20.2 Å². The average molecular weight is 457 g/mol. The smallest absolute Gasteiger partial charge is 0.282 e. The van der Waals surface area contributed by atoms with Gasteiger partial charge in [-0.15, -0.1) is 0 Å². The maximum absolute atomic E-state index is 11.6. The van der Waals surface area contributed by atoms with E-state index in [4.69, 9.17) is 8.74 Å². The van der Waals surface area contributed by atoms with Crippen LogP contribution < -0.4 is 0 Å². The predicted octanol–water partition coefficient (Wildman–Crippen LogP) is 5.37. The SMILES string of the molecule is CCC(C)c1ccc(S(=O)(=O)O)cc1.CCOS(=O)(=O)c1ccc(C(C)CC)cc1. The molecule has 8 heteroatoms. The minimum Gasteiger partial charge on any atom is -0.282 e. The molecule has 0 fully saturated rings. The van der Waals surface area contributed by atoms with Gasteiger partial charge in [0.15, 0.2) is 0 Å². The molecule has 0 spiro atoms. The fourth-order valence-corrected chi connectivity index (χ4v) is 4.02. The van der Waals surface area contributed by atoms with Crippen LogP contribution in [0.15, 0.2) is 58.3 Å². The molecule has 2 atom stereocenters. The summed E-state index contributed by atoms with van der Waals surface area (Å²) in [6.07, 6.45) is 2.04. The monoisotopic (exact) mass is 456 g/mol. The minimum atomic E-state index is -4.05. The van der Waals surface area contributed by atoms with Crippen LogP contribution in [0.5, 0.6) is 0 Å². The van der Waals surface area contributed by atoms with E-state index in [1.807, 2.05) is 12.1 Å². The number of hydrogen-bond acceptors (Lipinski definition) is 5.